The maximum Gasteiger partial charge on any atom is 0.225 e. The molecule has 1 aromatic rings. The second kappa shape index (κ2) is 6.82. The van der Waals surface area contributed by atoms with E-state index < -0.39 is 5.60 Å². The largest absolute Gasteiger partial charge is 0.495 e. The van der Waals surface area contributed by atoms with Gasteiger partial charge in [0, 0.05) is 30.5 Å². The van der Waals surface area contributed by atoms with Crippen LogP contribution in [0.5, 0.6) is 11.6 Å². The molecule has 7 heteroatoms. The number of likely N-dealkylation sites (tertiary alicyclic amines) is 1. The lowest BCUT2D eigenvalue weighted by Crippen LogP contribution is -2.63. The van der Waals surface area contributed by atoms with Crippen molar-refractivity contribution in [3.05, 3.63) is 17.3 Å². The van der Waals surface area contributed by atoms with E-state index in [9.17, 15) is 9.90 Å². The Morgan fingerprint density at radius 1 is 1.33 bits per heavy atom. The minimum absolute atomic E-state index is 0.0166. The fourth-order valence-electron chi connectivity index (χ4n) is 4.79. The van der Waals surface area contributed by atoms with Crippen LogP contribution < -0.4 is 9.47 Å². The van der Waals surface area contributed by atoms with Crippen molar-refractivity contribution >= 4 is 17.5 Å². The fourth-order valence-corrected chi connectivity index (χ4v) is 4.97. The highest BCUT2D eigenvalue weighted by atomic mass is 35.5. The van der Waals surface area contributed by atoms with Gasteiger partial charge in [-0.1, -0.05) is 11.6 Å². The van der Waals surface area contributed by atoms with Gasteiger partial charge >= 0.3 is 0 Å². The van der Waals surface area contributed by atoms with E-state index in [-0.39, 0.29) is 23.3 Å². The van der Waals surface area contributed by atoms with E-state index in [2.05, 4.69) is 4.98 Å². The van der Waals surface area contributed by atoms with Crippen LogP contribution in [0.4, 0.5) is 0 Å². The molecule has 0 radical (unpaired) electrons. The Labute approximate surface area is 164 Å². The molecule has 4 rings (SSSR count). The third-order valence-corrected chi connectivity index (χ3v) is 6.67. The number of aliphatic hydroxyl groups is 1. The molecular formula is C20H27ClN2O4. The Kier molecular flexibility index (Phi) is 4.75. The predicted molar refractivity (Wildman–Crippen MR) is 101 cm³/mol. The number of hydrogen-bond donors (Lipinski definition) is 1. The van der Waals surface area contributed by atoms with Crippen molar-refractivity contribution in [1.29, 1.82) is 0 Å². The zero-order valence-electron chi connectivity index (χ0n) is 15.9. The van der Waals surface area contributed by atoms with E-state index in [1.807, 2.05) is 4.90 Å². The Hall–Kier alpha value is -1.53. The summed E-state index contributed by atoms with van der Waals surface area (Å²) in [5.41, 5.74) is -0.385. The van der Waals surface area contributed by atoms with Crippen LogP contribution in [0.15, 0.2) is 12.3 Å². The molecule has 148 valence electrons. The lowest BCUT2D eigenvalue weighted by Gasteiger charge is -2.55. The van der Waals surface area contributed by atoms with Gasteiger partial charge in [-0.05, 0) is 45.4 Å². The van der Waals surface area contributed by atoms with Gasteiger partial charge in [-0.25, -0.2) is 4.98 Å². The van der Waals surface area contributed by atoms with Crippen molar-refractivity contribution in [2.75, 3.05) is 20.2 Å². The fraction of sp³-hybridized carbons (Fsp3) is 0.700. The van der Waals surface area contributed by atoms with Crippen molar-refractivity contribution in [1.82, 2.24) is 9.88 Å². The van der Waals surface area contributed by atoms with E-state index in [1.165, 1.54) is 0 Å². The summed E-state index contributed by atoms with van der Waals surface area (Å²) in [4.78, 5) is 18.7. The number of hydrogen-bond acceptors (Lipinski definition) is 5. The molecule has 1 amide bonds. The molecule has 1 saturated heterocycles. The van der Waals surface area contributed by atoms with Crippen LogP contribution in [0.25, 0.3) is 0 Å². The van der Waals surface area contributed by atoms with Crippen LogP contribution in [0.1, 0.15) is 45.4 Å². The molecule has 6 nitrogen and oxygen atoms in total. The number of pyridine rings is 1. The van der Waals surface area contributed by atoms with Gasteiger partial charge in [-0.2, -0.15) is 0 Å². The Morgan fingerprint density at radius 3 is 2.59 bits per heavy atom. The smallest absolute Gasteiger partial charge is 0.225 e. The number of aromatic nitrogens is 1. The molecule has 3 fully saturated rings. The highest BCUT2D eigenvalue weighted by Gasteiger charge is 2.51. The van der Waals surface area contributed by atoms with Crippen LogP contribution in [-0.4, -0.2) is 52.8 Å². The number of amides is 1. The maximum atomic E-state index is 12.5. The molecule has 2 saturated carbocycles. The van der Waals surface area contributed by atoms with Gasteiger partial charge in [0.25, 0.3) is 0 Å². The third kappa shape index (κ3) is 3.74. The normalized spacial score (nSPS) is 29.8. The summed E-state index contributed by atoms with van der Waals surface area (Å²) in [5, 5.41) is 10.3. The van der Waals surface area contributed by atoms with Crippen LogP contribution in [-0.2, 0) is 4.79 Å². The first-order valence-corrected chi connectivity index (χ1v) is 10.0. The zero-order valence-corrected chi connectivity index (χ0v) is 16.7. The number of carbonyl (C=O) groups excluding carboxylic acids is 1. The molecule has 2 heterocycles. The predicted octanol–water partition coefficient (Wildman–Crippen LogP) is 3.05. The van der Waals surface area contributed by atoms with E-state index in [1.54, 1.807) is 26.3 Å². The molecule has 0 aromatic carbocycles. The van der Waals surface area contributed by atoms with Crippen LogP contribution >= 0.6 is 11.6 Å². The minimum Gasteiger partial charge on any atom is -0.495 e. The molecule has 1 N–H and O–H groups in total. The second-order valence-electron chi connectivity index (χ2n) is 8.77. The highest BCUT2D eigenvalue weighted by molar-refractivity contribution is 6.31. The number of carbonyl (C=O) groups is 1. The summed E-state index contributed by atoms with van der Waals surface area (Å²) >= 11 is 6.01. The first-order valence-electron chi connectivity index (χ1n) is 9.67. The van der Waals surface area contributed by atoms with E-state index >= 15 is 0 Å². The van der Waals surface area contributed by atoms with Crippen LogP contribution in [0.3, 0.4) is 0 Å². The van der Waals surface area contributed by atoms with E-state index in [0.717, 1.165) is 38.8 Å². The zero-order chi connectivity index (χ0) is 19.2. The number of ether oxygens (including phenoxy) is 2. The maximum absolute atomic E-state index is 12.5. The van der Waals surface area contributed by atoms with Crippen molar-refractivity contribution in [2.24, 2.45) is 11.3 Å². The van der Waals surface area contributed by atoms with Crippen molar-refractivity contribution in [3.63, 3.8) is 0 Å². The standard InChI is InChI=1S/C20H27ClN2O4/c1-19(25)8-13(9-19)18(24)23-11-20(12-23)5-3-14(4-6-20)27-17-7-16(26-2)15(21)10-22-17/h7,10,13-14,25H,3-6,8-9,11-12H2,1-2H3. The average molecular weight is 395 g/mol. The Morgan fingerprint density at radius 2 is 2.00 bits per heavy atom. The number of halogens is 1. The Bertz CT molecular complexity index is 715. The molecule has 1 spiro atoms. The van der Waals surface area contributed by atoms with Gasteiger partial charge in [-0.15, -0.1) is 0 Å². The van der Waals surface area contributed by atoms with Gasteiger partial charge in [0.15, 0.2) is 0 Å². The molecular weight excluding hydrogens is 368 g/mol. The average Bonchev–Trinajstić information content (AvgIpc) is 2.59. The lowest BCUT2D eigenvalue weighted by molar-refractivity contribution is -0.164. The topological polar surface area (TPSA) is 71.9 Å². The molecule has 0 unspecified atom stereocenters. The number of rotatable bonds is 4. The second-order valence-corrected chi connectivity index (χ2v) is 9.18. The Balaban J connectivity index is 1.25. The summed E-state index contributed by atoms with van der Waals surface area (Å²) in [6, 6.07) is 1.73. The quantitative estimate of drug-likeness (QED) is 0.849. The summed E-state index contributed by atoms with van der Waals surface area (Å²) in [6.07, 6.45) is 6.95. The number of nitrogens with zero attached hydrogens (tertiary/aromatic N) is 2. The minimum atomic E-state index is -0.642. The van der Waals surface area contributed by atoms with Crippen molar-refractivity contribution < 1.29 is 19.4 Å². The van der Waals surface area contributed by atoms with Crippen molar-refractivity contribution in [2.45, 2.75) is 57.2 Å². The molecule has 0 atom stereocenters. The highest BCUT2D eigenvalue weighted by Crippen LogP contribution is 2.47. The lowest BCUT2D eigenvalue weighted by atomic mass is 9.66. The van der Waals surface area contributed by atoms with Crippen molar-refractivity contribution in [3.8, 4) is 11.6 Å². The summed E-state index contributed by atoms with van der Waals surface area (Å²) in [5.74, 6) is 1.35. The molecule has 0 bridgehead atoms. The summed E-state index contributed by atoms with van der Waals surface area (Å²) in [6.45, 7) is 3.51. The monoisotopic (exact) mass is 394 g/mol. The molecule has 3 aliphatic rings. The van der Waals surface area contributed by atoms with Gasteiger partial charge in [-0.3, -0.25) is 4.79 Å². The van der Waals surface area contributed by atoms with Gasteiger partial charge in [0.05, 0.1) is 18.9 Å². The molecule has 2 aliphatic carbocycles. The first-order chi connectivity index (χ1) is 12.8. The summed E-state index contributed by atoms with van der Waals surface area (Å²) in [7, 11) is 1.57. The van der Waals surface area contributed by atoms with Crippen LogP contribution in [0, 0.1) is 11.3 Å². The van der Waals surface area contributed by atoms with Gasteiger partial charge in [0.2, 0.25) is 11.8 Å². The SMILES string of the molecule is COc1cc(OC2CCC3(CC2)CN(C(=O)C2CC(C)(O)C2)C3)ncc1Cl. The van der Waals surface area contributed by atoms with Gasteiger partial charge < -0.3 is 19.5 Å². The van der Waals surface area contributed by atoms with E-state index in [0.29, 0.717) is 29.5 Å². The summed E-state index contributed by atoms with van der Waals surface area (Å²) < 4.78 is 11.2. The molecule has 27 heavy (non-hydrogen) atoms. The van der Waals surface area contributed by atoms with E-state index in [4.69, 9.17) is 21.1 Å². The molecule has 1 aliphatic heterocycles. The molecule has 1 aromatic heterocycles. The third-order valence-electron chi connectivity index (χ3n) is 6.38. The van der Waals surface area contributed by atoms with Gasteiger partial charge in [0.1, 0.15) is 16.9 Å². The first kappa shape index (κ1) is 18.8. The van der Waals surface area contributed by atoms with Crippen LogP contribution in [0.2, 0.25) is 5.02 Å². The number of methoxy groups -OCH3 is 1.